The molecule has 2 aromatic carbocycles. The summed E-state index contributed by atoms with van der Waals surface area (Å²) in [6.45, 7) is 4.63. The first-order valence-corrected chi connectivity index (χ1v) is 6.93. The molecule has 0 amide bonds. The summed E-state index contributed by atoms with van der Waals surface area (Å²) in [5.74, 6) is 0.594. The number of nitrogens with one attached hydrogen (secondary N) is 1. The average Bonchev–Trinajstić information content (AvgIpc) is 2.47. The van der Waals surface area contributed by atoms with Crippen molar-refractivity contribution < 1.29 is 9.13 Å². The van der Waals surface area contributed by atoms with E-state index < -0.39 is 0 Å². The summed E-state index contributed by atoms with van der Waals surface area (Å²) in [5.41, 5.74) is 1.79. The molecule has 0 heterocycles. The van der Waals surface area contributed by atoms with Crippen LogP contribution in [0, 0.1) is 5.82 Å². The van der Waals surface area contributed by atoms with Gasteiger partial charge in [0.25, 0.3) is 0 Å². The van der Waals surface area contributed by atoms with Gasteiger partial charge in [-0.3, -0.25) is 0 Å². The van der Waals surface area contributed by atoms with E-state index in [-0.39, 0.29) is 11.9 Å². The van der Waals surface area contributed by atoms with E-state index in [9.17, 15) is 4.39 Å². The number of benzene rings is 2. The van der Waals surface area contributed by atoms with Crippen LogP contribution in [-0.2, 0) is 6.42 Å². The second kappa shape index (κ2) is 6.94. The van der Waals surface area contributed by atoms with Crippen molar-refractivity contribution in [1.82, 2.24) is 0 Å². The van der Waals surface area contributed by atoms with Gasteiger partial charge in [0.2, 0.25) is 0 Å². The van der Waals surface area contributed by atoms with Crippen molar-refractivity contribution in [2.24, 2.45) is 0 Å². The number of hydrogen-bond acceptors (Lipinski definition) is 2. The molecule has 2 rings (SSSR count). The molecule has 1 atom stereocenters. The number of anilines is 1. The van der Waals surface area contributed by atoms with Crippen molar-refractivity contribution in [1.29, 1.82) is 0 Å². The number of aryl methyl sites for hydroxylation is 1. The third kappa shape index (κ3) is 3.98. The summed E-state index contributed by atoms with van der Waals surface area (Å²) in [4.78, 5) is 0. The Labute approximate surface area is 119 Å². The van der Waals surface area contributed by atoms with Crippen LogP contribution in [0.2, 0.25) is 0 Å². The quantitative estimate of drug-likeness (QED) is 0.848. The molecule has 2 nitrogen and oxygen atoms in total. The molecular formula is C17H20FNO. The molecule has 0 aliphatic rings. The number of rotatable bonds is 6. The molecule has 20 heavy (non-hydrogen) atoms. The Morgan fingerprint density at radius 1 is 1.10 bits per heavy atom. The van der Waals surface area contributed by atoms with Crippen LogP contribution in [0.4, 0.5) is 10.1 Å². The summed E-state index contributed by atoms with van der Waals surface area (Å²) in [6.07, 6.45) is 0.979. The van der Waals surface area contributed by atoms with Crippen molar-refractivity contribution in [3.8, 4) is 5.75 Å². The van der Waals surface area contributed by atoms with Gasteiger partial charge in [-0.25, -0.2) is 4.39 Å². The Kier molecular flexibility index (Phi) is 4.99. The third-order valence-corrected chi connectivity index (χ3v) is 3.12. The van der Waals surface area contributed by atoms with Crippen molar-refractivity contribution in [2.75, 3.05) is 11.9 Å². The fourth-order valence-electron chi connectivity index (χ4n) is 1.94. The molecule has 106 valence electrons. The van der Waals surface area contributed by atoms with E-state index in [0.29, 0.717) is 12.2 Å². The van der Waals surface area contributed by atoms with Gasteiger partial charge in [-0.05, 0) is 43.2 Å². The zero-order chi connectivity index (χ0) is 14.4. The monoisotopic (exact) mass is 273 g/mol. The highest BCUT2D eigenvalue weighted by Crippen LogP contribution is 2.16. The van der Waals surface area contributed by atoms with E-state index in [0.717, 1.165) is 12.2 Å². The van der Waals surface area contributed by atoms with Gasteiger partial charge < -0.3 is 10.1 Å². The topological polar surface area (TPSA) is 21.3 Å². The zero-order valence-electron chi connectivity index (χ0n) is 11.9. The Morgan fingerprint density at radius 3 is 2.45 bits per heavy atom. The number of halogens is 1. The Hall–Kier alpha value is -2.03. The van der Waals surface area contributed by atoms with Crippen LogP contribution in [0.25, 0.3) is 0 Å². The number of para-hydroxylation sites is 1. The number of ether oxygens (including phenoxy) is 1. The van der Waals surface area contributed by atoms with Gasteiger partial charge in [-0.2, -0.15) is 0 Å². The summed E-state index contributed by atoms with van der Waals surface area (Å²) in [5, 5.41) is 3.06. The van der Waals surface area contributed by atoms with E-state index in [1.807, 2.05) is 19.1 Å². The minimum absolute atomic E-state index is 0.0397. The fraction of sp³-hybridized carbons (Fsp3) is 0.294. The molecule has 0 saturated carbocycles. The molecule has 2 aromatic rings. The lowest BCUT2D eigenvalue weighted by atomic mass is 10.2. The van der Waals surface area contributed by atoms with Crippen LogP contribution in [0.15, 0.2) is 48.5 Å². The minimum atomic E-state index is -0.244. The van der Waals surface area contributed by atoms with Gasteiger partial charge in [0.05, 0.1) is 12.2 Å². The van der Waals surface area contributed by atoms with Crippen LogP contribution in [0.5, 0.6) is 5.75 Å². The Bertz CT molecular complexity index is 539. The lowest BCUT2D eigenvalue weighted by Crippen LogP contribution is -2.23. The Balaban J connectivity index is 1.86. The molecule has 0 fully saturated rings. The van der Waals surface area contributed by atoms with Crippen molar-refractivity contribution in [2.45, 2.75) is 26.4 Å². The zero-order valence-corrected chi connectivity index (χ0v) is 11.9. The predicted octanol–water partition coefficient (Wildman–Crippen LogP) is 4.27. The lowest BCUT2D eigenvalue weighted by molar-refractivity contribution is 0.234. The first kappa shape index (κ1) is 14.4. The summed E-state index contributed by atoms with van der Waals surface area (Å²) in [6, 6.07) is 14.7. The summed E-state index contributed by atoms with van der Waals surface area (Å²) in [7, 11) is 0. The van der Waals surface area contributed by atoms with E-state index in [1.54, 1.807) is 18.2 Å². The molecule has 1 unspecified atom stereocenters. The largest absolute Gasteiger partial charge is 0.489 e. The predicted molar refractivity (Wildman–Crippen MR) is 80.8 cm³/mol. The van der Waals surface area contributed by atoms with Gasteiger partial charge in [0.15, 0.2) is 0 Å². The highest BCUT2D eigenvalue weighted by molar-refractivity contribution is 5.44. The molecule has 0 aliphatic heterocycles. The molecular weight excluding hydrogens is 253 g/mol. The van der Waals surface area contributed by atoms with Gasteiger partial charge in [0, 0.05) is 0 Å². The highest BCUT2D eigenvalue weighted by atomic mass is 19.1. The van der Waals surface area contributed by atoms with E-state index in [1.165, 1.54) is 11.6 Å². The SMILES string of the molecule is CCc1ccc(OC(C)CNc2ccccc2F)cc1. The normalized spacial score (nSPS) is 11.9. The first-order chi connectivity index (χ1) is 9.69. The Morgan fingerprint density at radius 2 is 1.80 bits per heavy atom. The summed E-state index contributed by atoms with van der Waals surface area (Å²) < 4.78 is 19.2. The summed E-state index contributed by atoms with van der Waals surface area (Å²) >= 11 is 0. The maximum Gasteiger partial charge on any atom is 0.146 e. The fourth-order valence-corrected chi connectivity index (χ4v) is 1.94. The standard InChI is InChI=1S/C17H20FNO/c1-3-14-8-10-15(11-9-14)20-13(2)12-19-17-7-5-4-6-16(17)18/h4-11,13,19H,3,12H2,1-2H3. The van der Waals surface area contributed by atoms with Crippen molar-refractivity contribution in [3.05, 3.63) is 59.9 Å². The van der Waals surface area contributed by atoms with Gasteiger partial charge in [-0.15, -0.1) is 0 Å². The second-order valence-electron chi connectivity index (χ2n) is 4.79. The molecule has 0 radical (unpaired) electrons. The van der Waals surface area contributed by atoms with E-state index >= 15 is 0 Å². The van der Waals surface area contributed by atoms with Gasteiger partial charge >= 0.3 is 0 Å². The van der Waals surface area contributed by atoms with Crippen molar-refractivity contribution >= 4 is 5.69 Å². The smallest absolute Gasteiger partial charge is 0.146 e. The maximum absolute atomic E-state index is 13.4. The lowest BCUT2D eigenvalue weighted by Gasteiger charge is -2.16. The molecule has 0 saturated heterocycles. The minimum Gasteiger partial charge on any atom is -0.489 e. The van der Waals surface area contributed by atoms with Gasteiger partial charge in [0.1, 0.15) is 17.7 Å². The maximum atomic E-state index is 13.4. The average molecular weight is 273 g/mol. The van der Waals surface area contributed by atoms with Crippen LogP contribution in [-0.4, -0.2) is 12.6 Å². The van der Waals surface area contributed by atoms with Crippen LogP contribution in [0.1, 0.15) is 19.4 Å². The van der Waals surface area contributed by atoms with Crippen LogP contribution in [0.3, 0.4) is 0 Å². The molecule has 1 N–H and O–H groups in total. The number of hydrogen-bond donors (Lipinski definition) is 1. The molecule has 0 spiro atoms. The van der Waals surface area contributed by atoms with Crippen molar-refractivity contribution in [3.63, 3.8) is 0 Å². The highest BCUT2D eigenvalue weighted by Gasteiger charge is 2.06. The molecule has 3 heteroatoms. The molecule has 0 aromatic heterocycles. The molecule has 0 aliphatic carbocycles. The first-order valence-electron chi connectivity index (χ1n) is 6.93. The van der Waals surface area contributed by atoms with E-state index in [2.05, 4.69) is 24.4 Å². The third-order valence-electron chi connectivity index (χ3n) is 3.12. The second-order valence-corrected chi connectivity index (χ2v) is 4.79. The molecule has 0 bridgehead atoms. The van der Waals surface area contributed by atoms with E-state index in [4.69, 9.17) is 4.74 Å². The van der Waals surface area contributed by atoms with Crippen LogP contribution >= 0.6 is 0 Å². The van der Waals surface area contributed by atoms with Crippen LogP contribution < -0.4 is 10.1 Å². The van der Waals surface area contributed by atoms with Gasteiger partial charge in [-0.1, -0.05) is 31.2 Å².